The molecule has 1 aliphatic rings. The number of carbonyl (C=O) groups excluding carboxylic acids is 1. The van der Waals surface area contributed by atoms with Gasteiger partial charge in [-0.25, -0.2) is 0 Å². The van der Waals surface area contributed by atoms with Crippen LogP contribution in [0, 0.1) is 0 Å². The van der Waals surface area contributed by atoms with Crippen molar-refractivity contribution in [2.24, 2.45) is 0 Å². The van der Waals surface area contributed by atoms with Crippen LogP contribution in [0.4, 0.5) is 0 Å². The molecule has 5 aromatic rings. The number of rotatable bonds is 19. The molecular weight excluding hydrogens is 764 g/mol. The minimum atomic E-state index is -1.04. The summed E-state index contributed by atoms with van der Waals surface area (Å²) >= 11 is 2.94. The van der Waals surface area contributed by atoms with Gasteiger partial charge in [0.25, 0.3) is 0 Å². The summed E-state index contributed by atoms with van der Waals surface area (Å²) in [5, 5.41) is 0. The van der Waals surface area contributed by atoms with Gasteiger partial charge in [0, 0.05) is 0 Å². The predicted octanol–water partition coefficient (Wildman–Crippen LogP) is 8.72. The highest BCUT2D eigenvalue weighted by Crippen LogP contribution is 2.42. The van der Waals surface area contributed by atoms with E-state index in [2.05, 4.69) is 15.9 Å². The van der Waals surface area contributed by atoms with E-state index >= 15 is 0 Å². The maximum atomic E-state index is 11.7. The second-order valence-electron chi connectivity index (χ2n) is 12.8. The van der Waals surface area contributed by atoms with Crippen LogP contribution in [0.2, 0.25) is 0 Å². The van der Waals surface area contributed by atoms with Crippen molar-refractivity contribution in [2.45, 2.75) is 57.1 Å². The van der Waals surface area contributed by atoms with Gasteiger partial charge in [-0.1, -0.05) is 127 Å². The summed E-state index contributed by atoms with van der Waals surface area (Å²) in [5.41, 5.74) is 4.64. The molecule has 0 spiro atoms. The first-order chi connectivity index (χ1) is 27.0. The van der Waals surface area contributed by atoms with E-state index in [1.807, 2.05) is 121 Å². The van der Waals surface area contributed by atoms with E-state index in [-0.39, 0.29) is 24.5 Å². The monoisotopic (exact) mass is 808 g/mol. The van der Waals surface area contributed by atoms with E-state index in [0.717, 1.165) is 22.3 Å². The molecule has 1 saturated heterocycles. The van der Waals surface area contributed by atoms with Crippen molar-refractivity contribution in [1.29, 1.82) is 0 Å². The highest BCUT2D eigenvalue weighted by Gasteiger charge is 2.50. The van der Waals surface area contributed by atoms with Crippen molar-refractivity contribution in [3.63, 3.8) is 0 Å². The third-order valence-corrected chi connectivity index (χ3v) is 9.23. The fourth-order valence-electron chi connectivity index (χ4n) is 6.23. The third-order valence-electron chi connectivity index (χ3n) is 8.96. The Labute approximate surface area is 330 Å². The van der Waals surface area contributed by atoms with Gasteiger partial charge in [0.15, 0.2) is 11.5 Å². The van der Waals surface area contributed by atoms with E-state index in [4.69, 9.17) is 37.9 Å². The lowest BCUT2D eigenvalue weighted by atomic mass is 9.97. The topological polar surface area (TPSA) is 90.9 Å². The molecule has 6 rings (SSSR count). The van der Waals surface area contributed by atoms with Crippen LogP contribution in [-0.4, -0.2) is 56.2 Å². The van der Waals surface area contributed by atoms with Crippen LogP contribution in [-0.2, 0) is 54.9 Å². The van der Waals surface area contributed by atoms with Crippen LogP contribution in [0.25, 0.3) is 6.08 Å². The summed E-state index contributed by atoms with van der Waals surface area (Å²) in [7, 11) is 3.07. The fourth-order valence-corrected chi connectivity index (χ4v) is 6.36. The number of halogens is 1. The van der Waals surface area contributed by atoms with Crippen LogP contribution < -0.4 is 14.2 Å². The Kier molecular flexibility index (Phi) is 15.0. The minimum Gasteiger partial charge on any atom is -0.493 e. The van der Waals surface area contributed by atoms with Gasteiger partial charge in [-0.2, -0.15) is 0 Å². The molecule has 5 aromatic carbocycles. The maximum Gasteiger partial charge on any atom is 0.229 e. The lowest BCUT2D eigenvalue weighted by Gasteiger charge is -2.45. The summed E-state index contributed by atoms with van der Waals surface area (Å²) < 4.78 is 51.7. The van der Waals surface area contributed by atoms with Gasteiger partial charge in [-0.3, -0.25) is 4.79 Å². The highest BCUT2D eigenvalue weighted by atomic mass is 79.9. The molecule has 0 bridgehead atoms. The van der Waals surface area contributed by atoms with Gasteiger partial charge in [0.05, 0.1) is 47.3 Å². The molecule has 1 heterocycles. The Morgan fingerprint density at radius 3 is 1.51 bits per heavy atom. The van der Waals surface area contributed by atoms with E-state index in [1.54, 1.807) is 18.2 Å². The summed E-state index contributed by atoms with van der Waals surface area (Å²) in [6.07, 6.45) is -0.791. The molecule has 5 atom stereocenters. The lowest BCUT2D eigenvalue weighted by molar-refractivity contribution is -0.310. The molecule has 0 saturated carbocycles. The van der Waals surface area contributed by atoms with E-state index in [9.17, 15) is 4.79 Å². The Bertz CT molecular complexity index is 1900. The third kappa shape index (κ3) is 11.6. The summed E-state index contributed by atoms with van der Waals surface area (Å²) in [4.78, 5) is 11.7. The van der Waals surface area contributed by atoms with Gasteiger partial charge < -0.3 is 37.9 Å². The van der Waals surface area contributed by atoms with Crippen molar-refractivity contribution >= 4 is 26.7 Å². The van der Waals surface area contributed by atoms with E-state index in [1.165, 1.54) is 20.3 Å². The molecule has 1 aliphatic heterocycles. The van der Waals surface area contributed by atoms with Gasteiger partial charge in [-0.15, -0.1) is 0 Å². The summed E-state index contributed by atoms with van der Waals surface area (Å²) in [6.45, 7) is 1.38. The van der Waals surface area contributed by atoms with Crippen LogP contribution in [0.5, 0.6) is 17.2 Å². The predicted molar refractivity (Wildman–Crippen MR) is 213 cm³/mol. The summed E-state index contributed by atoms with van der Waals surface area (Å²) in [5.74, 6) is 1.03. The molecule has 286 valence electrons. The normalized spacial score (nSPS) is 19.6. The lowest BCUT2D eigenvalue weighted by Crippen LogP contribution is -2.62. The largest absolute Gasteiger partial charge is 0.493 e. The zero-order valence-electron chi connectivity index (χ0n) is 30.8. The fraction of sp³-hybridized carbons (Fsp3) is 0.267. The molecule has 0 unspecified atom stereocenters. The van der Waals surface area contributed by atoms with Crippen molar-refractivity contribution in [3.8, 4) is 17.2 Å². The van der Waals surface area contributed by atoms with E-state index in [0.29, 0.717) is 36.0 Å². The average molecular weight is 810 g/mol. The molecule has 0 aromatic heterocycles. The molecule has 0 aliphatic carbocycles. The maximum absolute atomic E-state index is 11.7. The minimum absolute atomic E-state index is 0.170. The van der Waals surface area contributed by atoms with Gasteiger partial charge in [0.2, 0.25) is 16.7 Å². The first-order valence-corrected chi connectivity index (χ1v) is 18.8. The SMILES string of the molecule is COc1cc(C=CC(=O)Br)cc(OC)c1O[C@@H]1O[C@H](COCc2ccccc2)[C@@H](OCc2ccccc2)[C@H](OCc2ccccc2)[C@H]1OCc1ccccc1. The Morgan fingerprint density at radius 1 is 0.618 bits per heavy atom. The number of allylic oxidation sites excluding steroid dienone is 1. The smallest absolute Gasteiger partial charge is 0.229 e. The zero-order chi connectivity index (χ0) is 38.2. The Hall–Kier alpha value is -4.81. The second-order valence-corrected chi connectivity index (χ2v) is 13.6. The van der Waals surface area contributed by atoms with Crippen molar-refractivity contribution < 1.29 is 42.7 Å². The molecule has 1 fully saturated rings. The summed E-state index contributed by atoms with van der Waals surface area (Å²) in [6, 6.07) is 43.3. The van der Waals surface area contributed by atoms with Crippen molar-refractivity contribution in [1.82, 2.24) is 0 Å². The molecule has 9 nitrogen and oxygen atoms in total. The zero-order valence-corrected chi connectivity index (χ0v) is 32.4. The molecule has 0 N–H and O–H groups in total. The highest BCUT2D eigenvalue weighted by molar-refractivity contribution is 9.18. The Morgan fingerprint density at radius 2 is 1.05 bits per heavy atom. The number of hydrogen-bond acceptors (Lipinski definition) is 9. The average Bonchev–Trinajstić information content (AvgIpc) is 3.23. The second kappa shape index (κ2) is 20.8. The molecule has 0 amide bonds. The molecular formula is C45H45BrO9. The van der Waals surface area contributed by atoms with Crippen LogP contribution >= 0.6 is 15.9 Å². The molecule has 55 heavy (non-hydrogen) atoms. The molecule has 0 radical (unpaired) electrons. The molecule has 10 heteroatoms. The first kappa shape index (κ1) is 39.9. The Balaban J connectivity index is 1.39. The van der Waals surface area contributed by atoms with Crippen LogP contribution in [0.1, 0.15) is 27.8 Å². The standard InChI is InChI=1S/C45H45BrO9/c1-48-37-25-36(23-24-40(46)47)26-38(49-2)41(37)55-45-44(53-30-35-21-13-6-14-22-35)43(52-29-34-19-11-5-12-20-34)42(51-28-33-17-9-4-10-18-33)39(54-45)31-50-27-32-15-7-3-8-16-32/h3-26,39,42-45H,27-31H2,1-2H3/t39-,42-,43+,44-,45+/m1/s1. The van der Waals surface area contributed by atoms with Crippen molar-refractivity contribution in [3.05, 3.63) is 167 Å². The van der Waals surface area contributed by atoms with Crippen molar-refractivity contribution in [2.75, 3.05) is 20.8 Å². The van der Waals surface area contributed by atoms with Gasteiger partial charge >= 0.3 is 0 Å². The number of ether oxygens (including phenoxy) is 8. The first-order valence-electron chi connectivity index (χ1n) is 18.0. The number of hydrogen-bond donors (Lipinski definition) is 0. The number of methoxy groups -OCH3 is 2. The van der Waals surface area contributed by atoms with Crippen LogP contribution in [0.3, 0.4) is 0 Å². The van der Waals surface area contributed by atoms with Gasteiger partial charge in [0.1, 0.15) is 24.4 Å². The van der Waals surface area contributed by atoms with Crippen LogP contribution in [0.15, 0.2) is 140 Å². The van der Waals surface area contributed by atoms with Gasteiger partial charge in [-0.05, 0) is 62.0 Å². The number of benzene rings is 5. The van der Waals surface area contributed by atoms with E-state index < -0.39 is 30.7 Å². The number of carbonyl (C=O) groups is 1. The quantitative estimate of drug-likeness (QED) is 0.0601.